The summed E-state index contributed by atoms with van der Waals surface area (Å²) in [5.41, 5.74) is 0.269. The fourth-order valence-corrected chi connectivity index (χ4v) is 4.34. The van der Waals surface area contributed by atoms with Gasteiger partial charge < -0.3 is 9.80 Å². The summed E-state index contributed by atoms with van der Waals surface area (Å²) in [6.07, 6.45) is 5.36. The lowest BCUT2D eigenvalue weighted by Crippen LogP contribution is -2.56. The summed E-state index contributed by atoms with van der Waals surface area (Å²) in [4.78, 5) is 26.0. The molecule has 0 bridgehead atoms. The number of rotatable bonds is 3. The number of aromatic nitrogens is 2. The average Bonchev–Trinajstić information content (AvgIpc) is 3.10. The van der Waals surface area contributed by atoms with E-state index < -0.39 is 0 Å². The quantitative estimate of drug-likeness (QED) is 0.845. The van der Waals surface area contributed by atoms with Crippen LogP contribution in [-0.4, -0.2) is 46.5 Å². The van der Waals surface area contributed by atoms with Gasteiger partial charge in [-0.3, -0.25) is 4.79 Å². The maximum atomic E-state index is 13.1. The summed E-state index contributed by atoms with van der Waals surface area (Å²) in [6, 6.07) is 4.01. The molecule has 1 amide bonds. The molecule has 0 radical (unpaired) electrons. The molecule has 1 saturated carbocycles. The van der Waals surface area contributed by atoms with Crippen molar-refractivity contribution in [2.24, 2.45) is 5.41 Å². The van der Waals surface area contributed by atoms with Crippen molar-refractivity contribution in [2.45, 2.75) is 58.9 Å². The van der Waals surface area contributed by atoms with Crippen LogP contribution in [0.3, 0.4) is 0 Å². The van der Waals surface area contributed by atoms with Gasteiger partial charge >= 0.3 is 0 Å². The second-order valence-electron chi connectivity index (χ2n) is 7.40. The first kappa shape index (κ1) is 17.7. The van der Waals surface area contributed by atoms with Crippen molar-refractivity contribution < 1.29 is 4.79 Å². The SMILES string of the molecule is CCC1(C(=O)N2CCN(c3cc(C#N)nc(C)n3)C(C)C2)CCCC1. The first-order chi connectivity index (χ1) is 12.0. The van der Waals surface area contributed by atoms with E-state index in [2.05, 4.69) is 39.7 Å². The maximum absolute atomic E-state index is 13.1. The first-order valence-corrected chi connectivity index (χ1v) is 9.31. The molecule has 6 heteroatoms. The number of piperazine rings is 1. The highest BCUT2D eigenvalue weighted by atomic mass is 16.2. The van der Waals surface area contributed by atoms with Gasteiger partial charge in [-0.1, -0.05) is 19.8 Å². The normalized spacial score (nSPS) is 22.7. The molecule has 1 atom stereocenters. The van der Waals surface area contributed by atoms with Gasteiger partial charge in [-0.25, -0.2) is 9.97 Å². The van der Waals surface area contributed by atoms with Gasteiger partial charge in [-0.05, 0) is 33.1 Å². The highest BCUT2D eigenvalue weighted by Gasteiger charge is 2.43. The fourth-order valence-electron chi connectivity index (χ4n) is 4.34. The number of hydrogen-bond donors (Lipinski definition) is 0. The van der Waals surface area contributed by atoms with E-state index in [1.807, 2.05) is 0 Å². The predicted octanol–water partition coefficient (Wildman–Crippen LogP) is 2.66. The highest BCUT2D eigenvalue weighted by molar-refractivity contribution is 5.83. The molecule has 2 aliphatic rings. The third-order valence-electron chi connectivity index (χ3n) is 5.84. The van der Waals surface area contributed by atoms with E-state index in [0.29, 0.717) is 24.0 Å². The van der Waals surface area contributed by atoms with Gasteiger partial charge in [0.1, 0.15) is 23.4 Å². The second kappa shape index (κ2) is 6.99. The molecule has 0 aromatic carbocycles. The Labute approximate surface area is 149 Å². The highest BCUT2D eigenvalue weighted by Crippen LogP contribution is 2.42. The lowest BCUT2D eigenvalue weighted by Gasteiger charge is -2.43. The lowest BCUT2D eigenvalue weighted by molar-refractivity contribution is -0.143. The van der Waals surface area contributed by atoms with Gasteiger partial charge in [0, 0.05) is 37.2 Å². The van der Waals surface area contributed by atoms with Gasteiger partial charge in [0.2, 0.25) is 5.91 Å². The van der Waals surface area contributed by atoms with Gasteiger partial charge in [-0.15, -0.1) is 0 Å². The lowest BCUT2D eigenvalue weighted by atomic mass is 9.81. The zero-order valence-electron chi connectivity index (χ0n) is 15.5. The molecule has 0 spiro atoms. The Hall–Kier alpha value is -2.16. The van der Waals surface area contributed by atoms with Crippen molar-refractivity contribution in [3.63, 3.8) is 0 Å². The zero-order valence-corrected chi connectivity index (χ0v) is 15.5. The molecule has 1 unspecified atom stereocenters. The number of anilines is 1. The minimum atomic E-state index is -0.124. The number of carbonyl (C=O) groups excluding carboxylic acids is 1. The molecular weight excluding hydrogens is 314 g/mol. The molecule has 3 rings (SSSR count). The Morgan fingerprint density at radius 1 is 1.36 bits per heavy atom. The number of amides is 1. The van der Waals surface area contributed by atoms with Crippen molar-refractivity contribution in [1.82, 2.24) is 14.9 Å². The minimum absolute atomic E-state index is 0.124. The van der Waals surface area contributed by atoms with E-state index in [1.54, 1.807) is 13.0 Å². The molecule has 2 heterocycles. The van der Waals surface area contributed by atoms with Crippen molar-refractivity contribution in [2.75, 3.05) is 24.5 Å². The summed E-state index contributed by atoms with van der Waals surface area (Å²) in [5, 5.41) is 9.13. The topological polar surface area (TPSA) is 73.1 Å². The van der Waals surface area contributed by atoms with Crippen molar-refractivity contribution in [1.29, 1.82) is 5.26 Å². The third-order valence-corrected chi connectivity index (χ3v) is 5.84. The van der Waals surface area contributed by atoms with Gasteiger partial charge in [-0.2, -0.15) is 5.26 Å². The van der Waals surface area contributed by atoms with Crippen LogP contribution >= 0.6 is 0 Å². The fraction of sp³-hybridized carbons (Fsp3) is 0.684. The van der Waals surface area contributed by atoms with E-state index >= 15 is 0 Å². The molecule has 1 aromatic heterocycles. The molecule has 0 N–H and O–H groups in total. The van der Waals surface area contributed by atoms with Crippen LogP contribution in [0, 0.1) is 23.7 Å². The van der Waals surface area contributed by atoms with Crippen LogP contribution in [0.15, 0.2) is 6.07 Å². The van der Waals surface area contributed by atoms with E-state index in [0.717, 1.165) is 38.2 Å². The number of nitriles is 1. The monoisotopic (exact) mass is 341 g/mol. The van der Waals surface area contributed by atoms with E-state index in [1.165, 1.54) is 12.8 Å². The summed E-state index contributed by atoms with van der Waals surface area (Å²) in [6.45, 7) is 8.25. The molecular formula is C19H27N5O. The Bertz CT molecular complexity index is 690. The summed E-state index contributed by atoms with van der Waals surface area (Å²) in [5.74, 6) is 1.74. The van der Waals surface area contributed by atoms with E-state index in [-0.39, 0.29) is 11.5 Å². The minimum Gasteiger partial charge on any atom is -0.350 e. The Morgan fingerprint density at radius 2 is 2.08 bits per heavy atom. The largest absolute Gasteiger partial charge is 0.350 e. The maximum Gasteiger partial charge on any atom is 0.228 e. The Morgan fingerprint density at radius 3 is 2.68 bits per heavy atom. The Balaban J connectivity index is 1.74. The van der Waals surface area contributed by atoms with Crippen LogP contribution in [0.5, 0.6) is 0 Å². The standard InChI is InChI=1S/C19H27N5O/c1-4-19(7-5-6-8-19)18(25)23-9-10-24(14(2)13-23)17-11-16(12-20)21-15(3)22-17/h11,14H,4-10,13H2,1-3H3. The first-order valence-electron chi connectivity index (χ1n) is 9.31. The number of aryl methyl sites for hydroxylation is 1. The molecule has 1 aromatic rings. The van der Waals surface area contributed by atoms with Crippen molar-refractivity contribution in [3.8, 4) is 6.07 Å². The van der Waals surface area contributed by atoms with Crippen LogP contribution in [0.4, 0.5) is 5.82 Å². The van der Waals surface area contributed by atoms with Gasteiger partial charge in [0.25, 0.3) is 0 Å². The second-order valence-corrected chi connectivity index (χ2v) is 7.40. The summed E-state index contributed by atoms with van der Waals surface area (Å²) in [7, 11) is 0. The van der Waals surface area contributed by atoms with Crippen LogP contribution in [-0.2, 0) is 4.79 Å². The van der Waals surface area contributed by atoms with Gasteiger partial charge in [0.05, 0.1) is 0 Å². The van der Waals surface area contributed by atoms with E-state index in [4.69, 9.17) is 5.26 Å². The summed E-state index contributed by atoms with van der Waals surface area (Å²) >= 11 is 0. The molecule has 134 valence electrons. The number of hydrogen-bond acceptors (Lipinski definition) is 5. The van der Waals surface area contributed by atoms with Crippen LogP contribution in [0.2, 0.25) is 0 Å². The number of carbonyl (C=O) groups is 1. The molecule has 25 heavy (non-hydrogen) atoms. The third kappa shape index (κ3) is 3.33. The average molecular weight is 341 g/mol. The number of nitrogens with zero attached hydrogens (tertiary/aromatic N) is 5. The van der Waals surface area contributed by atoms with E-state index in [9.17, 15) is 4.79 Å². The molecule has 1 aliphatic carbocycles. The van der Waals surface area contributed by atoms with Crippen molar-refractivity contribution in [3.05, 3.63) is 17.6 Å². The zero-order chi connectivity index (χ0) is 18.0. The van der Waals surface area contributed by atoms with Crippen molar-refractivity contribution >= 4 is 11.7 Å². The molecule has 6 nitrogen and oxygen atoms in total. The summed E-state index contributed by atoms with van der Waals surface area (Å²) < 4.78 is 0. The molecule has 2 fully saturated rings. The van der Waals surface area contributed by atoms with Crippen LogP contribution < -0.4 is 4.90 Å². The van der Waals surface area contributed by atoms with Crippen LogP contribution in [0.25, 0.3) is 0 Å². The Kier molecular flexibility index (Phi) is 4.94. The predicted molar refractivity (Wildman–Crippen MR) is 96.1 cm³/mol. The smallest absolute Gasteiger partial charge is 0.228 e. The molecule has 1 aliphatic heterocycles. The molecule has 1 saturated heterocycles. The van der Waals surface area contributed by atoms with Crippen LogP contribution in [0.1, 0.15) is 57.5 Å². The van der Waals surface area contributed by atoms with Gasteiger partial charge in [0.15, 0.2) is 0 Å².